The number of halogens is 1. The van der Waals surface area contributed by atoms with Crippen molar-refractivity contribution < 1.29 is 0 Å². The molecule has 0 saturated heterocycles. The minimum Gasteiger partial charge on any atom is -0.325 e. The van der Waals surface area contributed by atoms with E-state index in [1.165, 1.54) is 19.3 Å². The van der Waals surface area contributed by atoms with Crippen LogP contribution in [0.3, 0.4) is 0 Å². The molecule has 1 aromatic rings. The monoisotopic (exact) mass is 297 g/mol. The van der Waals surface area contributed by atoms with Crippen LogP contribution in [0.5, 0.6) is 0 Å². The minimum atomic E-state index is -0.159. The van der Waals surface area contributed by atoms with Gasteiger partial charge in [0.25, 0.3) is 0 Å². The maximum atomic E-state index is 6.87. The van der Waals surface area contributed by atoms with E-state index in [4.69, 9.17) is 17.3 Å². The van der Waals surface area contributed by atoms with Gasteiger partial charge in [0, 0.05) is 18.2 Å². The molecule has 20 heavy (non-hydrogen) atoms. The van der Waals surface area contributed by atoms with Gasteiger partial charge in [-0.05, 0) is 37.5 Å². The molecular weight excluding hydrogens is 270 g/mol. The molecule has 2 unspecified atom stereocenters. The van der Waals surface area contributed by atoms with E-state index in [0.717, 1.165) is 29.3 Å². The largest absolute Gasteiger partial charge is 0.325 e. The topological polar surface area (TPSA) is 43.8 Å². The molecule has 1 saturated carbocycles. The molecule has 2 rings (SSSR count). The summed E-state index contributed by atoms with van der Waals surface area (Å²) < 4.78 is 1.75. The van der Waals surface area contributed by atoms with Crippen molar-refractivity contribution in [1.82, 2.24) is 9.78 Å². The van der Waals surface area contributed by atoms with E-state index in [-0.39, 0.29) is 11.0 Å². The first kappa shape index (κ1) is 15.8. The molecule has 2 atom stereocenters. The lowest BCUT2D eigenvalue weighted by atomic mass is 9.61. The van der Waals surface area contributed by atoms with Crippen LogP contribution in [-0.2, 0) is 13.5 Å². The van der Waals surface area contributed by atoms with Crippen LogP contribution in [0.2, 0.25) is 5.15 Å². The van der Waals surface area contributed by atoms with Gasteiger partial charge in [0.05, 0.1) is 5.69 Å². The summed E-state index contributed by atoms with van der Waals surface area (Å²) >= 11 is 6.40. The van der Waals surface area contributed by atoms with Gasteiger partial charge >= 0.3 is 0 Å². The molecule has 3 nitrogen and oxygen atoms in total. The third kappa shape index (κ3) is 2.89. The number of nitrogens with zero attached hydrogens (tertiary/aromatic N) is 2. The zero-order valence-electron chi connectivity index (χ0n) is 13.5. The van der Waals surface area contributed by atoms with Crippen molar-refractivity contribution in [2.24, 2.45) is 24.1 Å². The maximum Gasteiger partial charge on any atom is 0.130 e. The Morgan fingerprint density at radius 1 is 1.40 bits per heavy atom. The molecule has 1 aliphatic carbocycles. The zero-order chi connectivity index (χ0) is 15.1. The molecule has 1 aliphatic rings. The summed E-state index contributed by atoms with van der Waals surface area (Å²) in [4.78, 5) is 0. The van der Waals surface area contributed by atoms with Crippen molar-refractivity contribution >= 4 is 11.6 Å². The van der Waals surface area contributed by atoms with Gasteiger partial charge < -0.3 is 5.73 Å². The predicted octanol–water partition coefficient (Wildman–Crippen LogP) is 3.86. The highest BCUT2D eigenvalue weighted by Gasteiger charge is 2.44. The number of hydrogen-bond donors (Lipinski definition) is 1. The lowest BCUT2D eigenvalue weighted by molar-refractivity contribution is 0.0792. The summed E-state index contributed by atoms with van der Waals surface area (Å²) in [5.74, 6) is 0.527. The Kier molecular flexibility index (Phi) is 4.23. The van der Waals surface area contributed by atoms with E-state index in [0.29, 0.717) is 5.92 Å². The molecule has 0 aromatic carbocycles. The summed E-state index contributed by atoms with van der Waals surface area (Å²) in [6.07, 6.45) is 5.66. The first-order valence-electron chi connectivity index (χ1n) is 7.62. The van der Waals surface area contributed by atoms with Crippen molar-refractivity contribution in [3.05, 3.63) is 16.4 Å². The van der Waals surface area contributed by atoms with Gasteiger partial charge in [0.15, 0.2) is 0 Å². The molecule has 1 fully saturated rings. The molecule has 1 heterocycles. The van der Waals surface area contributed by atoms with Crippen molar-refractivity contribution in [3.8, 4) is 0 Å². The normalized spacial score (nSPS) is 27.9. The van der Waals surface area contributed by atoms with Gasteiger partial charge in [-0.3, -0.25) is 4.68 Å². The molecule has 1 aromatic heterocycles. The number of rotatable bonds is 2. The average Bonchev–Trinajstić information content (AvgIpc) is 2.55. The second-order valence-corrected chi connectivity index (χ2v) is 7.91. The summed E-state index contributed by atoms with van der Waals surface area (Å²) in [5, 5.41) is 5.16. The minimum absolute atomic E-state index is 0.159. The molecule has 0 radical (unpaired) electrons. The van der Waals surface area contributed by atoms with E-state index < -0.39 is 0 Å². The molecule has 0 spiro atoms. The lowest BCUT2D eigenvalue weighted by Gasteiger charge is -2.48. The van der Waals surface area contributed by atoms with Gasteiger partial charge in [-0.25, -0.2) is 0 Å². The average molecular weight is 298 g/mol. The lowest BCUT2D eigenvalue weighted by Crippen LogP contribution is -2.55. The van der Waals surface area contributed by atoms with Crippen molar-refractivity contribution in [3.63, 3.8) is 0 Å². The Morgan fingerprint density at radius 2 is 2.05 bits per heavy atom. The Morgan fingerprint density at radius 3 is 2.55 bits per heavy atom. The van der Waals surface area contributed by atoms with Crippen molar-refractivity contribution in [2.75, 3.05) is 0 Å². The van der Waals surface area contributed by atoms with Gasteiger partial charge in [-0.2, -0.15) is 5.10 Å². The highest BCUT2D eigenvalue weighted by atomic mass is 35.5. The fourth-order valence-electron chi connectivity index (χ4n) is 3.98. The molecule has 0 aliphatic heterocycles. The quantitative estimate of drug-likeness (QED) is 0.901. The number of aromatic nitrogens is 2. The van der Waals surface area contributed by atoms with Crippen molar-refractivity contribution in [2.45, 2.75) is 65.3 Å². The number of hydrogen-bond acceptors (Lipinski definition) is 2. The SMILES string of the molecule is Cc1nn(C)c(Cl)c1CC1(N)CCCCC1C(C)(C)C. The summed E-state index contributed by atoms with van der Waals surface area (Å²) in [7, 11) is 1.89. The summed E-state index contributed by atoms with van der Waals surface area (Å²) in [5.41, 5.74) is 9.09. The molecular formula is C16H28ClN3. The van der Waals surface area contributed by atoms with Crippen LogP contribution in [0.15, 0.2) is 0 Å². The first-order chi connectivity index (χ1) is 9.15. The molecule has 0 bridgehead atoms. The van der Waals surface area contributed by atoms with Gasteiger partial charge in [0.2, 0.25) is 0 Å². The van der Waals surface area contributed by atoms with E-state index in [2.05, 4.69) is 25.9 Å². The Hall–Kier alpha value is -0.540. The maximum absolute atomic E-state index is 6.87. The van der Waals surface area contributed by atoms with Gasteiger partial charge in [0.1, 0.15) is 5.15 Å². The summed E-state index contributed by atoms with van der Waals surface area (Å²) in [6.45, 7) is 8.95. The summed E-state index contributed by atoms with van der Waals surface area (Å²) in [6, 6.07) is 0. The van der Waals surface area contributed by atoms with E-state index >= 15 is 0 Å². The third-order valence-corrected chi connectivity index (χ3v) is 5.37. The number of nitrogens with two attached hydrogens (primary N) is 1. The van der Waals surface area contributed by atoms with E-state index in [9.17, 15) is 0 Å². The third-order valence-electron chi connectivity index (χ3n) is 4.90. The second kappa shape index (κ2) is 5.34. The van der Waals surface area contributed by atoms with Crippen LogP contribution in [0.25, 0.3) is 0 Å². The van der Waals surface area contributed by atoms with Crippen LogP contribution >= 0.6 is 11.6 Å². The highest BCUT2D eigenvalue weighted by molar-refractivity contribution is 6.30. The molecule has 0 amide bonds. The standard InChI is InChI=1S/C16H28ClN3/c1-11-12(14(17)20(5)19-11)10-16(18)9-7-6-8-13(16)15(2,3)4/h13H,6-10,18H2,1-5H3. The van der Waals surface area contributed by atoms with Gasteiger partial charge in [-0.15, -0.1) is 0 Å². The zero-order valence-corrected chi connectivity index (χ0v) is 14.2. The predicted molar refractivity (Wildman–Crippen MR) is 85.0 cm³/mol. The Labute approximate surface area is 127 Å². The fourth-order valence-corrected chi connectivity index (χ4v) is 4.22. The van der Waals surface area contributed by atoms with Crippen LogP contribution in [0, 0.1) is 18.3 Å². The Bertz CT molecular complexity index is 487. The number of aryl methyl sites for hydroxylation is 2. The van der Waals surface area contributed by atoms with Crippen LogP contribution in [-0.4, -0.2) is 15.3 Å². The van der Waals surface area contributed by atoms with Crippen LogP contribution < -0.4 is 5.73 Å². The van der Waals surface area contributed by atoms with Gasteiger partial charge in [-0.1, -0.05) is 45.2 Å². The van der Waals surface area contributed by atoms with E-state index in [1.54, 1.807) is 4.68 Å². The second-order valence-electron chi connectivity index (χ2n) is 7.55. The molecule has 114 valence electrons. The van der Waals surface area contributed by atoms with Crippen LogP contribution in [0.1, 0.15) is 57.7 Å². The first-order valence-corrected chi connectivity index (χ1v) is 8.00. The van der Waals surface area contributed by atoms with E-state index in [1.807, 2.05) is 14.0 Å². The molecule has 4 heteroatoms. The molecule has 2 N–H and O–H groups in total. The smallest absolute Gasteiger partial charge is 0.130 e. The Balaban J connectivity index is 2.33. The highest BCUT2D eigenvalue weighted by Crippen LogP contribution is 2.45. The van der Waals surface area contributed by atoms with Crippen molar-refractivity contribution in [1.29, 1.82) is 0 Å². The fraction of sp³-hybridized carbons (Fsp3) is 0.812. The van der Waals surface area contributed by atoms with Crippen LogP contribution in [0.4, 0.5) is 0 Å².